The number of carbonyl (C=O) groups excluding carboxylic acids is 8. The van der Waals surface area contributed by atoms with Gasteiger partial charge in [-0.2, -0.15) is 4.31 Å². The van der Waals surface area contributed by atoms with E-state index in [4.69, 9.17) is 84.4 Å². The number of phosphoric ester groups is 2. The first-order valence-corrected chi connectivity index (χ1v) is 48.6. The number of hydrogen-bond acceptors (Lipinski definition) is 37. The lowest BCUT2D eigenvalue weighted by Crippen LogP contribution is -2.72. The number of nitrogens with one attached hydrogen (secondary N) is 6. The fraction of sp³-hybridized carbons (Fsp3) is 0.880. The van der Waals surface area contributed by atoms with Crippen molar-refractivity contribution in [2.75, 3.05) is 39.6 Å². The number of aliphatic hydroxyl groups is 7. The second-order valence-corrected chi connectivity index (χ2v) is 37.2. The summed E-state index contributed by atoms with van der Waals surface area (Å²) in [6.45, 7) is 12.5. The number of aliphatic hydroxyl groups excluding tert-OH is 7. The molecule has 33 atom stereocenters. The van der Waals surface area contributed by atoms with Crippen LogP contribution in [0.5, 0.6) is 0 Å². The van der Waals surface area contributed by atoms with Gasteiger partial charge in [-0.1, -0.05) is 155 Å². The predicted octanol–water partition coefficient (Wildman–Crippen LogP) is 1.21. The molecule has 132 heavy (non-hydrogen) atoms. The topological polar surface area (TPSA) is 666 Å². The molecule has 0 saturated carbocycles. The normalized spacial score (nSPS) is 33.7. The molecule has 17 N–H and O–H groups in total. The first-order chi connectivity index (χ1) is 62.4. The lowest BCUT2D eigenvalue weighted by atomic mass is 9.92. The van der Waals surface area contributed by atoms with Crippen molar-refractivity contribution in [3.8, 4) is 0 Å². The smallest absolute Gasteiger partial charge is 0.479 e. The van der Waals surface area contributed by atoms with Crippen LogP contribution in [0.15, 0.2) is 0 Å². The van der Waals surface area contributed by atoms with Gasteiger partial charge in [0, 0.05) is 68.6 Å². The summed E-state index contributed by atoms with van der Waals surface area (Å²) in [4.78, 5) is 152. The minimum Gasteiger partial charge on any atom is -0.479 e. The molecule has 6 aliphatic rings. The molecule has 0 spiro atoms. The molecule has 6 saturated heterocycles. The molecule has 0 bridgehead atoms. The van der Waals surface area contributed by atoms with Crippen LogP contribution in [-0.4, -0.2) is 345 Å². The molecular weight excluding hydrogens is 1800 g/mol. The molecule has 762 valence electrons. The Kier molecular flexibility index (Phi) is 50.1. The molecule has 6 amide bonds. The predicted molar refractivity (Wildman–Crippen MR) is 454 cm³/mol. The Labute approximate surface area is 767 Å². The molecule has 6 fully saturated rings. The minimum absolute atomic E-state index is 0.110. The maximum Gasteiger partial charge on any atom is 0.483 e. The quantitative estimate of drug-likeness (QED) is 0.0231. The number of carbonyl (C=O) groups is 10. The summed E-state index contributed by atoms with van der Waals surface area (Å²) in [6, 6.07) is -10.9. The third-order valence-electron chi connectivity index (χ3n) is 22.9. The SMILES string of the molecule is CCCCCCCCCCCCCCOCC(COP(=O)(O)OP(=O)(O)O[C@H]1O[C@H](COC(C)=O)[C@@H](O[C@@H]2O[C@H](C(=O)O)[C@@H](O[C@H]3O[C@H](C)[C@H](NC(C)=O)[C@H](O[C@H]4O[C@H](COC(C)=O)[C@@H](O[C@@H]5O[C@H](C(=O)O)[C@@H](O[C@H]6O[C@H](C)[C@H](NC(C)=O)[C@H](O)[C@H]6O)[C@H](O)[C@@H]5NC(C)=O)[C@H](O)[C@H]4NC(C)=O)[C@H]3O)[C@H](O)[C@@H]2NC(C)=O)[C@H](O)[C@H]1NC(C)=O)OCCCCCCCCCCCCCC. The molecule has 6 heterocycles. The van der Waals surface area contributed by atoms with E-state index >= 15 is 0 Å². The van der Waals surface area contributed by atoms with E-state index in [2.05, 4.69) is 45.7 Å². The summed E-state index contributed by atoms with van der Waals surface area (Å²) < 4.78 is 132. The van der Waals surface area contributed by atoms with Crippen LogP contribution >= 0.6 is 15.6 Å². The zero-order chi connectivity index (χ0) is 97.9. The Morgan fingerprint density at radius 1 is 0.341 bits per heavy atom. The molecule has 47 nitrogen and oxygen atoms in total. The first kappa shape index (κ1) is 115. The van der Waals surface area contributed by atoms with Gasteiger partial charge in [0.2, 0.25) is 35.4 Å². The van der Waals surface area contributed by atoms with Crippen LogP contribution in [0.1, 0.15) is 237 Å². The highest BCUT2D eigenvalue weighted by molar-refractivity contribution is 7.61. The second kappa shape index (κ2) is 57.5. The van der Waals surface area contributed by atoms with E-state index in [-0.39, 0.29) is 13.2 Å². The van der Waals surface area contributed by atoms with E-state index in [1.165, 1.54) is 97.3 Å². The van der Waals surface area contributed by atoms with Gasteiger partial charge in [0.05, 0.1) is 37.5 Å². The van der Waals surface area contributed by atoms with Gasteiger partial charge in [0.1, 0.15) is 129 Å². The van der Waals surface area contributed by atoms with Gasteiger partial charge < -0.3 is 159 Å². The third-order valence-corrected chi connectivity index (χ3v) is 25.5. The van der Waals surface area contributed by atoms with Crippen LogP contribution in [-0.2, 0) is 141 Å². The van der Waals surface area contributed by atoms with Crippen molar-refractivity contribution in [2.45, 2.75) is 427 Å². The molecule has 6 aliphatic heterocycles. The number of carboxylic acids is 2. The van der Waals surface area contributed by atoms with Gasteiger partial charge in [0.25, 0.3) is 0 Å². The van der Waals surface area contributed by atoms with Crippen LogP contribution in [0.2, 0.25) is 0 Å². The fourth-order valence-electron chi connectivity index (χ4n) is 16.4. The fourth-order valence-corrected chi connectivity index (χ4v) is 18.6. The Hall–Kier alpha value is -5.84. The third kappa shape index (κ3) is 37.5. The van der Waals surface area contributed by atoms with Crippen molar-refractivity contribution in [1.82, 2.24) is 31.9 Å². The number of ether oxygens (including phenoxy) is 15. The van der Waals surface area contributed by atoms with E-state index in [1.54, 1.807) is 0 Å². The summed E-state index contributed by atoms with van der Waals surface area (Å²) in [7, 11) is -11.7. The van der Waals surface area contributed by atoms with Gasteiger partial charge in [-0.25, -0.2) is 18.7 Å². The molecule has 0 aromatic heterocycles. The molecule has 0 aromatic carbocycles. The van der Waals surface area contributed by atoms with Crippen molar-refractivity contribution in [2.24, 2.45) is 0 Å². The van der Waals surface area contributed by atoms with Crippen molar-refractivity contribution in [1.29, 1.82) is 0 Å². The number of hydrogen-bond donors (Lipinski definition) is 17. The van der Waals surface area contributed by atoms with E-state index in [1.807, 2.05) is 0 Å². The van der Waals surface area contributed by atoms with Crippen molar-refractivity contribution >= 4 is 75.0 Å². The molecule has 0 aromatic rings. The monoisotopic (exact) mass is 1940 g/mol. The summed E-state index contributed by atoms with van der Waals surface area (Å²) in [5, 5.41) is 120. The number of esters is 2. The van der Waals surface area contributed by atoms with Crippen molar-refractivity contribution in [3.05, 3.63) is 0 Å². The van der Waals surface area contributed by atoms with Crippen LogP contribution in [0, 0.1) is 0 Å². The minimum atomic E-state index is -6.02. The molecule has 3 unspecified atom stereocenters. The number of unbranched alkanes of at least 4 members (excludes halogenated alkanes) is 22. The Morgan fingerprint density at radius 3 is 1.05 bits per heavy atom. The number of rotatable bonds is 58. The van der Waals surface area contributed by atoms with Gasteiger partial charge in [-0.05, 0) is 26.7 Å². The van der Waals surface area contributed by atoms with E-state index in [9.17, 15) is 113 Å². The van der Waals surface area contributed by atoms with Crippen LogP contribution in [0.4, 0.5) is 0 Å². The van der Waals surface area contributed by atoms with Gasteiger partial charge >= 0.3 is 39.5 Å². The van der Waals surface area contributed by atoms with E-state index in [0.29, 0.717) is 13.0 Å². The molecule has 49 heteroatoms. The summed E-state index contributed by atoms with van der Waals surface area (Å²) in [6.07, 6.45) is -25.4. The van der Waals surface area contributed by atoms with Crippen LogP contribution in [0.3, 0.4) is 0 Å². The molecule has 0 aliphatic carbocycles. The van der Waals surface area contributed by atoms with Gasteiger partial charge in [-0.15, -0.1) is 0 Å². The first-order valence-electron chi connectivity index (χ1n) is 45.6. The maximum absolute atomic E-state index is 14.0. The molecular formula is C83H144N6O41P2. The molecule has 0 radical (unpaired) electrons. The molecule has 6 rings (SSSR count). The van der Waals surface area contributed by atoms with Gasteiger partial charge in [-0.3, -0.25) is 47.4 Å². The summed E-state index contributed by atoms with van der Waals surface area (Å²) in [5.74, 6) is -11.3. The highest BCUT2D eigenvalue weighted by atomic mass is 31.3. The van der Waals surface area contributed by atoms with Crippen LogP contribution in [0.25, 0.3) is 0 Å². The average Bonchev–Trinajstić information content (AvgIpc) is 0.759. The van der Waals surface area contributed by atoms with E-state index < -0.39 is 285 Å². The van der Waals surface area contributed by atoms with Gasteiger partial charge in [0.15, 0.2) is 49.9 Å². The lowest BCUT2D eigenvalue weighted by molar-refractivity contribution is -0.368. The standard InChI is InChI=1S/C83H144N6O41P2/c1-13-15-17-19-21-23-25-27-29-31-33-35-37-113-39-53(114-38-36-34-32-30-28-26-24-22-20-18-16-14-2)40-117-131(109,110)130-132(111,112)129-81-61(89-50(10)95)64(100)70(55(121-81)42-116-52(12)97)123-80-60(88-49(9)94)66(102)73(75(128-80)77(107)108)126-83-68(104)71(57(44(4)119-83)85-46(6)91)124-78-58(86-47(7)92)63(99)69(54(120-78)41-115-51(11)96)122-79-59(87-48(8)93)65(101)72(74(127-79)76(105)106)125-82-67(103)62(98)56(43(3)118-82)84-45(5)90/h43-44,53-75,78-83,98-104H,13-42H2,1-12H3,(H,84,90)(H,85,91)(H,86,92)(H,87,93)(H,88,94)(H,89,95)(H,105,106)(H,107,108)(H,109,110)(H,111,112)/t43-,44-,53?,54-,55-,56+,57+,58-,59+,60+,61-,62+,63-,64-,65-,66-,67-,68-,69-,70-,71+,72+,73+,74+,75+,78-,79-,80-,81-,82-,83-/m1/s1. The number of carboxylic acid groups (broad SMARTS) is 2. The number of aliphatic carboxylic acids is 2. The maximum atomic E-state index is 14.0. The number of amides is 6. The zero-order valence-electron chi connectivity index (χ0n) is 77.2. The lowest BCUT2D eigenvalue weighted by Gasteiger charge is -2.51. The Morgan fingerprint density at radius 2 is 0.659 bits per heavy atom. The highest BCUT2D eigenvalue weighted by Gasteiger charge is 2.61. The average molecular weight is 1940 g/mol. The van der Waals surface area contributed by atoms with Crippen LogP contribution < -0.4 is 31.9 Å². The zero-order valence-corrected chi connectivity index (χ0v) is 79.0. The largest absolute Gasteiger partial charge is 0.483 e. The number of phosphoric acid groups is 2. The van der Waals surface area contributed by atoms with E-state index in [0.717, 1.165) is 120 Å². The van der Waals surface area contributed by atoms with Crippen molar-refractivity contribution in [3.63, 3.8) is 0 Å². The second-order valence-electron chi connectivity index (χ2n) is 34.2. The summed E-state index contributed by atoms with van der Waals surface area (Å²) in [5.41, 5.74) is 0. The Balaban J connectivity index is 1.21. The summed E-state index contributed by atoms with van der Waals surface area (Å²) >= 11 is 0. The Bertz CT molecular complexity index is 3660. The van der Waals surface area contributed by atoms with Crippen molar-refractivity contribution < 1.29 is 197 Å². The highest BCUT2D eigenvalue weighted by Crippen LogP contribution is 2.61.